The van der Waals surface area contributed by atoms with Crippen LogP contribution in [0.15, 0.2) is 47.8 Å². The first-order valence-electron chi connectivity index (χ1n) is 6.59. The van der Waals surface area contributed by atoms with Gasteiger partial charge >= 0.3 is 0 Å². The largest absolute Gasteiger partial charge is 0.381 e. The molecule has 0 radical (unpaired) electrons. The van der Waals surface area contributed by atoms with E-state index in [1.54, 1.807) is 30.4 Å². The van der Waals surface area contributed by atoms with Gasteiger partial charge in [0, 0.05) is 28.6 Å². The number of fused-ring (bicyclic) bond motifs is 1. The lowest BCUT2D eigenvalue weighted by molar-refractivity contribution is -0.385. The Morgan fingerprint density at radius 2 is 2.05 bits per heavy atom. The molecule has 3 rings (SSSR count). The van der Waals surface area contributed by atoms with Crippen LogP contribution in [0, 0.1) is 17.0 Å². The predicted octanol–water partition coefficient (Wildman–Crippen LogP) is 4.73. The highest BCUT2D eigenvalue weighted by atomic mass is 32.1. The molecule has 106 valence electrons. The highest BCUT2D eigenvalue weighted by Gasteiger charge is 2.11. The molecule has 0 bridgehead atoms. The summed E-state index contributed by atoms with van der Waals surface area (Å²) in [6, 6.07) is 13.5. The second kappa shape index (κ2) is 5.54. The number of thiophene rings is 1. The molecule has 0 unspecified atom stereocenters. The Bertz CT molecular complexity index is 811. The van der Waals surface area contributed by atoms with Crippen molar-refractivity contribution in [3.63, 3.8) is 0 Å². The van der Waals surface area contributed by atoms with Gasteiger partial charge in [-0.05, 0) is 35.4 Å². The molecule has 2 aromatic carbocycles. The van der Waals surface area contributed by atoms with Gasteiger partial charge in [-0.1, -0.05) is 24.3 Å². The van der Waals surface area contributed by atoms with Gasteiger partial charge < -0.3 is 5.32 Å². The summed E-state index contributed by atoms with van der Waals surface area (Å²) in [7, 11) is 0. The summed E-state index contributed by atoms with van der Waals surface area (Å²) < 4.78 is 1.25. The Labute approximate surface area is 126 Å². The van der Waals surface area contributed by atoms with Crippen LogP contribution in [0.3, 0.4) is 0 Å². The van der Waals surface area contributed by atoms with Gasteiger partial charge in [0.15, 0.2) is 0 Å². The smallest absolute Gasteiger partial charge is 0.274 e. The maximum atomic E-state index is 11.0. The summed E-state index contributed by atoms with van der Waals surface area (Å²) in [6.07, 6.45) is 0. The number of benzene rings is 2. The number of rotatable bonds is 4. The molecule has 0 saturated carbocycles. The summed E-state index contributed by atoms with van der Waals surface area (Å²) in [5.41, 5.74) is 2.79. The fourth-order valence-corrected chi connectivity index (χ4v) is 3.25. The van der Waals surface area contributed by atoms with Gasteiger partial charge in [0.25, 0.3) is 5.69 Å². The van der Waals surface area contributed by atoms with Crippen molar-refractivity contribution in [1.29, 1.82) is 0 Å². The van der Waals surface area contributed by atoms with Gasteiger partial charge in [-0.2, -0.15) is 0 Å². The van der Waals surface area contributed by atoms with E-state index < -0.39 is 0 Å². The van der Waals surface area contributed by atoms with Crippen LogP contribution < -0.4 is 5.32 Å². The Kier molecular flexibility index (Phi) is 3.58. The van der Waals surface area contributed by atoms with E-state index in [9.17, 15) is 10.1 Å². The molecule has 21 heavy (non-hydrogen) atoms. The lowest BCUT2D eigenvalue weighted by Gasteiger charge is -2.07. The van der Waals surface area contributed by atoms with Gasteiger partial charge in [0.2, 0.25) is 0 Å². The SMILES string of the molecule is Cc1ccc(NCc2csc3ccccc23)cc1[N+](=O)[O-]. The predicted molar refractivity (Wildman–Crippen MR) is 87.0 cm³/mol. The van der Waals surface area contributed by atoms with Crippen LogP contribution >= 0.6 is 11.3 Å². The van der Waals surface area contributed by atoms with Gasteiger partial charge in [-0.15, -0.1) is 11.3 Å². The van der Waals surface area contributed by atoms with Crippen molar-refractivity contribution >= 4 is 32.8 Å². The van der Waals surface area contributed by atoms with E-state index in [1.807, 2.05) is 18.2 Å². The maximum absolute atomic E-state index is 11.0. The van der Waals surface area contributed by atoms with E-state index in [0.29, 0.717) is 12.1 Å². The minimum Gasteiger partial charge on any atom is -0.381 e. The first-order valence-corrected chi connectivity index (χ1v) is 7.47. The monoisotopic (exact) mass is 298 g/mol. The molecule has 1 N–H and O–H groups in total. The summed E-state index contributed by atoms with van der Waals surface area (Å²) in [5, 5.41) is 17.6. The molecule has 0 amide bonds. The van der Waals surface area contributed by atoms with Crippen LogP contribution in [-0.4, -0.2) is 4.92 Å². The van der Waals surface area contributed by atoms with Crippen molar-refractivity contribution in [3.8, 4) is 0 Å². The number of nitro benzene ring substituents is 1. The van der Waals surface area contributed by atoms with Crippen molar-refractivity contribution in [1.82, 2.24) is 0 Å². The van der Waals surface area contributed by atoms with E-state index in [0.717, 1.165) is 5.69 Å². The molecule has 0 aliphatic rings. The van der Waals surface area contributed by atoms with Crippen LogP contribution in [0.5, 0.6) is 0 Å². The number of hydrogen-bond donors (Lipinski definition) is 1. The molecular formula is C16H14N2O2S. The van der Waals surface area contributed by atoms with Gasteiger partial charge in [-0.3, -0.25) is 10.1 Å². The highest BCUT2D eigenvalue weighted by molar-refractivity contribution is 7.17. The molecule has 0 spiro atoms. The van der Waals surface area contributed by atoms with Crippen molar-refractivity contribution in [2.75, 3.05) is 5.32 Å². The van der Waals surface area contributed by atoms with E-state index in [1.165, 1.54) is 15.6 Å². The third kappa shape index (κ3) is 2.73. The molecule has 5 heteroatoms. The molecule has 0 aliphatic heterocycles. The molecule has 0 aliphatic carbocycles. The second-order valence-electron chi connectivity index (χ2n) is 4.87. The minimum absolute atomic E-state index is 0.148. The summed E-state index contributed by atoms with van der Waals surface area (Å²) in [4.78, 5) is 10.6. The van der Waals surface area contributed by atoms with E-state index in [4.69, 9.17) is 0 Å². The van der Waals surface area contributed by atoms with Crippen molar-refractivity contribution in [3.05, 3.63) is 69.1 Å². The zero-order valence-corrected chi connectivity index (χ0v) is 12.3. The quantitative estimate of drug-likeness (QED) is 0.559. The zero-order valence-electron chi connectivity index (χ0n) is 11.5. The first kappa shape index (κ1) is 13.6. The topological polar surface area (TPSA) is 55.2 Å². The lowest BCUT2D eigenvalue weighted by atomic mass is 10.1. The number of nitrogens with zero attached hydrogens (tertiary/aromatic N) is 1. The number of nitrogens with one attached hydrogen (secondary N) is 1. The summed E-state index contributed by atoms with van der Waals surface area (Å²) >= 11 is 1.71. The van der Waals surface area contributed by atoms with E-state index in [-0.39, 0.29) is 10.6 Å². The van der Waals surface area contributed by atoms with Crippen LogP contribution in [0.2, 0.25) is 0 Å². The van der Waals surface area contributed by atoms with Crippen LogP contribution in [0.25, 0.3) is 10.1 Å². The average molecular weight is 298 g/mol. The van der Waals surface area contributed by atoms with Crippen molar-refractivity contribution in [2.24, 2.45) is 0 Å². The van der Waals surface area contributed by atoms with Gasteiger partial charge in [0.05, 0.1) is 4.92 Å². The van der Waals surface area contributed by atoms with Crippen LogP contribution in [0.1, 0.15) is 11.1 Å². The zero-order chi connectivity index (χ0) is 14.8. The summed E-state index contributed by atoms with van der Waals surface area (Å²) in [5.74, 6) is 0. The van der Waals surface area contributed by atoms with Gasteiger partial charge in [-0.25, -0.2) is 0 Å². The van der Waals surface area contributed by atoms with Crippen LogP contribution in [-0.2, 0) is 6.54 Å². The van der Waals surface area contributed by atoms with Crippen LogP contribution in [0.4, 0.5) is 11.4 Å². The first-order chi connectivity index (χ1) is 10.1. The average Bonchev–Trinajstić information content (AvgIpc) is 2.89. The standard InChI is InChI=1S/C16H14N2O2S/c1-11-6-7-13(8-15(11)18(19)20)17-9-12-10-21-16-5-3-2-4-14(12)16/h2-8,10,17H,9H2,1H3. The second-order valence-corrected chi connectivity index (χ2v) is 5.78. The highest BCUT2D eigenvalue weighted by Crippen LogP contribution is 2.27. The minimum atomic E-state index is -0.347. The fraction of sp³-hybridized carbons (Fsp3) is 0.125. The Balaban J connectivity index is 1.82. The lowest BCUT2D eigenvalue weighted by Crippen LogP contribution is -2.00. The molecule has 1 heterocycles. The number of anilines is 1. The third-order valence-electron chi connectivity index (χ3n) is 3.45. The normalized spacial score (nSPS) is 10.7. The molecule has 1 aromatic heterocycles. The number of nitro groups is 1. The molecule has 4 nitrogen and oxygen atoms in total. The maximum Gasteiger partial charge on any atom is 0.274 e. The Morgan fingerprint density at radius 1 is 1.24 bits per heavy atom. The Hall–Kier alpha value is -2.40. The fourth-order valence-electron chi connectivity index (χ4n) is 2.28. The van der Waals surface area contributed by atoms with Gasteiger partial charge in [0.1, 0.15) is 0 Å². The molecular weight excluding hydrogens is 284 g/mol. The number of hydrogen-bond acceptors (Lipinski definition) is 4. The summed E-state index contributed by atoms with van der Waals surface area (Å²) in [6.45, 7) is 2.40. The van der Waals surface area contributed by atoms with E-state index >= 15 is 0 Å². The molecule has 0 fully saturated rings. The number of aryl methyl sites for hydroxylation is 1. The third-order valence-corrected chi connectivity index (χ3v) is 4.46. The van der Waals surface area contributed by atoms with E-state index in [2.05, 4.69) is 22.8 Å². The van der Waals surface area contributed by atoms with Crippen molar-refractivity contribution < 1.29 is 4.92 Å². The molecule has 3 aromatic rings. The van der Waals surface area contributed by atoms with Crippen molar-refractivity contribution in [2.45, 2.75) is 13.5 Å². The molecule has 0 atom stereocenters. The Morgan fingerprint density at radius 3 is 2.86 bits per heavy atom. The molecule has 0 saturated heterocycles.